The summed E-state index contributed by atoms with van der Waals surface area (Å²) in [4.78, 5) is 24.3. The Bertz CT molecular complexity index is 445. The van der Waals surface area contributed by atoms with Crippen LogP contribution in [0.2, 0.25) is 0 Å². The van der Waals surface area contributed by atoms with Crippen molar-refractivity contribution in [2.45, 2.75) is 5.92 Å². The molecule has 0 aliphatic heterocycles. The summed E-state index contributed by atoms with van der Waals surface area (Å²) in [5, 5.41) is 11.8. The Morgan fingerprint density at radius 3 is 2.58 bits per heavy atom. The molecule has 0 radical (unpaired) electrons. The average molecular weight is 262 g/mol. The summed E-state index contributed by atoms with van der Waals surface area (Å²) >= 11 is 0. The van der Waals surface area contributed by atoms with Crippen LogP contribution >= 0.6 is 0 Å². The number of benzene rings is 1. The number of aliphatic carboxylic acids is 1. The number of carboxylic acids is 1. The standard InChI is InChI=1S/C14H18N2O3/c1-3-9-16(2)14(19)15-10-12(13(17)18)11-7-5-4-6-8-11/h3-8,12H,1,9-10H2,2H3,(H,15,19)(H,17,18). The molecule has 0 aliphatic carbocycles. The average Bonchev–Trinajstić information content (AvgIpc) is 2.39. The molecular formula is C14H18N2O3. The number of urea groups is 1. The second kappa shape index (κ2) is 7.20. The molecule has 19 heavy (non-hydrogen) atoms. The van der Waals surface area contributed by atoms with E-state index in [1.165, 1.54) is 4.90 Å². The molecule has 0 spiro atoms. The third-order valence-electron chi connectivity index (χ3n) is 2.71. The topological polar surface area (TPSA) is 69.6 Å². The zero-order valence-electron chi connectivity index (χ0n) is 10.9. The number of nitrogens with zero attached hydrogens (tertiary/aromatic N) is 1. The number of hydrogen-bond donors (Lipinski definition) is 2. The zero-order chi connectivity index (χ0) is 14.3. The van der Waals surface area contributed by atoms with Crippen molar-refractivity contribution in [3.63, 3.8) is 0 Å². The molecule has 0 saturated carbocycles. The first kappa shape index (κ1) is 14.8. The predicted octanol–water partition coefficient (Wildman–Crippen LogP) is 1.68. The summed E-state index contributed by atoms with van der Waals surface area (Å²) < 4.78 is 0. The van der Waals surface area contributed by atoms with Gasteiger partial charge in [0.05, 0.1) is 5.92 Å². The minimum atomic E-state index is -0.960. The van der Waals surface area contributed by atoms with Crippen LogP contribution in [0, 0.1) is 0 Å². The minimum Gasteiger partial charge on any atom is -0.481 e. The van der Waals surface area contributed by atoms with Gasteiger partial charge >= 0.3 is 12.0 Å². The number of amides is 2. The maximum atomic E-state index is 11.7. The molecule has 0 fully saturated rings. The van der Waals surface area contributed by atoms with E-state index in [4.69, 9.17) is 0 Å². The number of carboxylic acid groups (broad SMARTS) is 1. The van der Waals surface area contributed by atoms with Gasteiger partial charge in [0.1, 0.15) is 0 Å². The predicted molar refractivity (Wildman–Crippen MR) is 73.0 cm³/mol. The Hall–Kier alpha value is -2.30. The number of carbonyl (C=O) groups excluding carboxylic acids is 1. The van der Waals surface area contributed by atoms with Crippen molar-refractivity contribution in [3.8, 4) is 0 Å². The van der Waals surface area contributed by atoms with Gasteiger partial charge in [0, 0.05) is 20.1 Å². The van der Waals surface area contributed by atoms with E-state index < -0.39 is 11.9 Å². The zero-order valence-corrected chi connectivity index (χ0v) is 10.9. The van der Waals surface area contributed by atoms with Gasteiger partial charge in [-0.1, -0.05) is 36.4 Å². The molecule has 5 nitrogen and oxygen atoms in total. The first-order valence-electron chi connectivity index (χ1n) is 5.94. The largest absolute Gasteiger partial charge is 0.481 e. The van der Waals surface area contributed by atoms with E-state index in [0.717, 1.165) is 0 Å². The van der Waals surface area contributed by atoms with E-state index in [-0.39, 0.29) is 12.6 Å². The summed E-state index contributed by atoms with van der Waals surface area (Å²) in [6.45, 7) is 4.01. The smallest absolute Gasteiger partial charge is 0.317 e. The Balaban J connectivity index is 2.64. The quantitative estimate of drug-likeness (QED) is 0.766. The number of carbonyl (C=O) groups is 2. The van der Waals surface area contributed by atoms with Crippen LogP contribution in [0.4, 0.5) is 4.79 Å². The van der Waals surface area contributed by atoms with Gasteiger partial charge in [-0.2, -0.15) is 0 Å². The molecule has 1 unspecified atom stereocenters. The van der Waals surface area contributed by atoms with Gasteiger partial charge in [-0.25, -0.2) is 4.79 Å². The molecule has 0 heterocycles. The van der Waals surface area contributed by atoms with Gasteiger partial charge in [-0.05, 0) is 5.56 Å². The summed E-state index contributed by atoms with van der Waals surface area (Å²) in [6, 6.07) is 8.52. The lowest BCUT2D eigenvalue weighted by molar-refractivity contribution is -0.138. The second-order valence-electron chi connectivity index (χ2n) is 4.16. The van der Waals surface area contributed by atoms with Gasteiger partial charge < -0.3 is 15.3 Å². The van der Waals surface area contributed by atoms with Crippen LogP contribution in [0.25, 0.3) is 0 Å². The highest BCUT2D eigenvalue weighted by atomic mass is 16.4. The highest BCUT2D eigenvalue weighted by Gasteiger charge is 2.20. The van der Waals surface area contributed by atoms with Gasteiger partial charge in [-0.3, -0.25) is 4.79 Å². The molecular weight excluding hydrogens is 244 g/mol. The van der Waals surface area contributed by atoms with Gasteiger partial charge in [0.15, 0.2) is 0 Å². The molecule has 0 bridgehead atoms. The fourth-order valence-electron chi connectivity index (χ4n) is 1.63. The summed E-state index contributed by atoms with van der Waals surface area (Å²) in [6.07, 6.45) is 1.60. The van der Waals surface area contributed by atoms with Crippen molar-refractivity contribution >= 4 is 12.0 Å². The molecule has 0 saturated heterocycles. The molecule has 1 atom stereocenters. The van der Waals surface area contributed by atoms with Crippen LogP contribution < -0.4 is 5.32 Å². The Morgan fingerprint density at radius 2 is 2.05 bits per heavy atom. The van der Waals surface area contributed by atoms with Gasteiger partial charge in [0.25, 0.3) is 0 Å². The van der Waals surface area contributed by atoms with Crippen LogP contribution in [0.5, 0.6) is 0 Å². The number of hydrogen-bond acceptors (Lipinski definition) is 2. The SMILES string of the molecule is C=CCN(C)C(=O)NCC(C(=O)O)c1ccccc1. The lowest BCUT2D eigenvalue weighted by Crippen LogP contribution is -2.40. The maximum Gasteiger partial charge on any atom is 0.317 e. The number of rotatable bonds is 6. The van der Waals surface area contributed by atoms with Crippen LogP contribution in [0.15, 0.2) is 43.0 Å². The van der Waals surface area contributed by atoms with E-state index in [2.05, 4.69) is 11.9 Å². The third-order valence-corrected chi connectivity index (χ3v) is 2.71. The van der Waals surface area contributed by atoms with Crippen LogP contribution in [-0.4, -0.2) is 42.1 Å². The van der Waals surface area contributed by atoms with Crippen molar-refractivity contribution in [3.05, 3.63) is 48.6 Å². The van der Waals surface area contributed by atoms with Gasteiger partial charge in [-0.15, -0.1) is 6.58 Å². The first-order chi connectivity index (χ1) is 9.06. The Labute approximate surface area is 112 Å². The first-order valence-corrected chi connectivity index (χ1v) is 5.94. The fourth-order valence-corrected chi connectivity index (χ4v) is 1.63. The lowest BCUT2D eigenvalue weighted by atomic mass is 9.99. The summed E-state index contributed by atoms with van der Waals surface area (Å²) in [5.74, 6) is -1.71. The molecule has 0 aromatic heterocycles. The van der Waals surface area contributed by atoms with Crippen LogP contribution in [0.1, 0.15) is 11.5 Å². The van der Waals surface area contributed by atoms with Crippen molar-refractivity contribution in [2.24, 2.45) is 0 Å². The highest BCUT2D eigenvalue weighted by molar-refractivity contribution is 5.79. The minimum absolute atomic E-state index is 0.0552. The Kier molecular flexibility index (Phi) is 5.60. The lowest BCUT2D eigenvalue weighted by Gasteiger charge is -2.18. The number of likely N-dealkylation sites (N-methyl/N-ethyl adjacent to an activating group) is 1. The second-order valence-corrected chi connectivity index (χ2v) is 4.16. The van der Waals surface area contributed by atoms with Crippen molar-refractivity contribution in [2.75, 3.05) is 20.1 Å². The molecule has 2 N–H and O–H groups in total. The third kappa shape index (κ3) is 4.46. The summed E-state index contributed by atoms with van der Waals surface area (Å²) in [7, 11) is 1.62. The van der Waals surface area contributed by atoms with Crippen molar-refractivity contribution in [1.82, 2.24) is 10.2 Å². The molecule has 1 aromatic rings. The molecule has 5 heteroatoms. The monoisotopic (exact) mass is 262 g/mol. The van der Waals surface area contributed by atoms with E-state index in [9.17, 15) is 14.7 Å². The fraction of sp³-hybridized carbons (Fsp3) is 0.286. The van der Waals surface area contributed by atoms with E-state index in [1.54, 1.807) is 37.4 Å². The van der Waals surface area contributed by atoms with Crippen LogP contribution in [-0.2, 0) is 4.79 Å². The molecule has 2 amide bonds. The highest BCUT2D eigenvalue weighted by Crippen LogP contribution is 2.14. The van der Waals surface area contributed by atoms with E-state index >= 15 is 0 Å². The van der Waals surface area contributed by atoms with Gasteiger partial charge in [0.2, 0.25) is 0 Å². The molecule has 0 aliphatic rings. The summed E-state index contributed by atoms with van der Waals surface area (Å²) in [5.41, 5.74) is 0.668. The number of nitrogens with one attached hydrogen (secondary N) is 1. The van der Waals surface area contributed by atoms with Crippen LogP contribution in [0.3, 0.4) is 0 Å². The molecule has 1 rings (SSSR count). The molecule has 102 valence electrons. The van der Waals surface area contributed by atoms with E-state index in [0.29, 0.717) is 12.1 Å². The normalized spacial score (nSPS) is 11.4. The molecule has 1 aromatic carbocycles. The van der Waals surface area contributed by atoms with E-state index in [1.807, 2.05) is 6.07 Å². The Morgan fingerprint density at radius 1 is 1.42 bits per heavy atom. The van der Waals surface area contributed by atoms with Crippen molar-refractivity contribution in [1.29, 1.82) is 0 Å². The van der Waals surface area contributed by atoms with Crippen molar-refractivity contribution < 1.29 is 14.7 Å². The maximum absolute atomic E-state index is 11.7.